The zero-order valence-corrected chi connectivity index (χ0v) is 14.4. The van der Waals surface area contributed by atoms with Crippen LogP contribution in [0.3, 0.4) is 0 Å². The van der Waals surface area contributed by atoms with E-state index < -0.39 is 11.9 Å². The molecule has 0 bridgehead atoms. The molecule has 1 aromatic heterocycles. The minimum Gasteiger partial charge on any atom is -0.368 e. The highest BCUT2D eigenvalue weighted by Crippen LogP contribution is 2.25. The van der Waals surface area contributed by atoms with Crippen molar-refractivity contribution >= 4 is 22.9 Å². The molecule has 5 nitrogen and oxygen atoms in total. The standard InChI is InChI=1S/C18H19FN4OS/c19-13-3-4-17(12(8-13)10-20)23-6-5-14(11-23)22-18(24)16(21)9-15-2-1-7-25-15/h1-4,7-8,14,16H,5-6,9,11,21H2,(H,22,24)/t14-,16-/m0/s1. The lowest BCUT2D eigenvalue weighted by molar-refractivity contribution is -0.122. The van der Waals surface area contributed by atoms with E-state index in [1.807, 2.05) is 28.5 Å². The Hall–Kier alpha value is -2.43. The van der Waals surface area contributed by atoms with Crippen molar-refractivity contribution in [2.45, 2.75) is 24.9 Å². The minimum atomic E-state index is -0.576. The summed E-state index contributed by atoms with van der Waals surface area (Å²) in [5.41, 5.74) is 7.00. The SMILES string of the molecule is N#Cc1cc(F)ccc1N1CC[C@H](NC(=O)[C@@H](N)Cc2cccs2)C1. The molecule has 1 aliphatic heterocycles. The van der Waals surface area contributed by atoms with Crippen molar-refractivity contribution < 1.29 is 9.18 Å². The maximum Gasteiger partial charge on any atom is 0.237 e. The summed E-state index contributed by atoms with van der Waals surface area (Å²) >= 11 is 1.58. The van der Waals surface area contributed by atoms with E-state index in [1.54, 1.807) is 17.4 Å². The van der Waals surface area contributed by atoms with E-state index in [2.05, 4.69) is 5.32 Å². The Labute approximate surface area is 149 Å². The molecule has 130 valence electrons. The predicted molar refractivity (Wildman–Crippen MR) is 95.9 cm³/mol. The van der Waals surface area contributed by atoms with Gasteiger partial charge in [-0.05, 0) is 36.1 Å². The number of carbonyl (C=O) groups excluding carboxylic acids is 1. The van der Waals surface area contributed by atoms with Gasteiger partial charge in [-0.15, -0.1) is 11.3 Å². The van der Waals surface area contributed by atoms with Gasteiger partial charge in [0, 0.05) is 30.4 Å². The molecule has 2 heterocycles. The first-order chi connectivity index (χ1) is 12.1. The van der Waals surface area contributed by atoms with Crippen molar-refractivity contribution in [1.82, 2.24) is 5.32 Å². The molecule has 0 unspecified atom stereocenters. The van der Waals surface area contributed by atoms with Gasteiger partial charge in [0.1, 0.15) is 11.9 Å². The van der Waals surface area contributed by atoms with Gasteiger partial charge >= 0.3 is 0 Å². The van der Waals surface area contributed by atoms with Gasteiger partial charge in [-0.3, -0.25) is 4.79 Å². The van der Waals surface area contributed by atoms with E-state index in [9.17, 15) is 14.4 Å². The van der Waals surface area contributed by atoms with Crippen molar-refractivity contribution in [3.63, 3.8) is 0 Å². The third kappa shape index (κ3) is 4.16. The quantitative estimate of drug-likeness (QED) is 0.857. The fourth-order valence-electron chi connectivity index (χ4n) is 3.02. The fraction of sp³-hybridized carbons (Fsp3) is 0.333. The van der Waals surface area contributed by atoms with Crippen LogP contribution in [0.4, 0.5) is 10.1 Å². The molecule has 25 heavy (non-hydrogen) atoms. The van der Waals surface area contributed by atoms with Crippen LogP contribution in [-0.4, -0.2) is 31.1 Å². The topological polar surface area (TPSA) is 82.2 Å². The number of nitrogens with zero attached hydrogens (tertiary/aromatic N) is 2. The molecule has 3 rings (SSSR count). The largest absolute Gasteiger partial charge is 0.368 e. The second kappa shape index (κ2) is 7.64. The number of hydrogen-bond donors (Lipinski definition) is 2. The van der Waals surface area contributed by atoms with E-state index in [0.717, 1.165) is 11.3 Å². The number of rotatable bonds is 5. The number of nitriles is 1. The van der Waals surface area contributed by atoms with Crippen LogP contribution >= 0.6 is 11.3 Å². The zero-order valence-electron chi connectivity index (χ0n) is 13.6. The molecule has 1 aromatic carbocycles. The van der Waals surface area contributed by atoms with E-state index in [0.29, 0.717) is 30.8 Å². The van der Waals surface area contributed by atoms with Crippen LogP contribution < -0.4 is 16.0 Å². The number of nitrogens with two attached hydrogens (primary N) is 1. The number of halogens is 1. The van der Waals surface area contributed by atoms with Crippen molar-refractivity contribution in [2.24, 2.45) is 5.73 Å². The number of nitrogens with one attached hydrogen (secondary N) is 1. The van der Waals surface area contributed by atoms with Gasteiger partial charge in [-0.25, -0.2) is 4.39 Å². The summed E-state index contributed by atoms with van der Waals surface area (Å²) in [7, 11) is 0. The molecule has 0 saturated carbocycles. The first-order valence-electron chi connectivity index (χ1n) is 8.09. The van der Waals surface area contributed by atoms with Crippen molar-refractivity contribution in [1.29, 1.82) is 5.26 Å². The van der Waals surface area contributed by atoms with E-state index in [1.165, 1.54) is 12.1 Å². The highest BCUT2D eigenvalue weighted by molar-refractivity contribution is 7.09. The first kappa shape index (κ1) is 17.4. The number of hydrogen-bond acceptors (Lipinski definition) is 5. The molecular weight excluding hydrogens is 339 g/mol. The molecule has 1 aliphatic rings. The van der Waals surface area contributed by atoms with Gasteiger partial charge in [0.2, 0.25) is 5.91 Å². The van der Waals surface area contributed by atoms with E-state index in [4.69, 9.17) is 5.73 Å². The van der Waals surface area contributed by atoms with Gasteiger partial charge in [-0.1, -0.05) is 6.07 Å². The average molecular weight is 358 g/mol. The lowest BCUT2D eigenvalue weighted by Crippen LogP contribution is -2.47. The second-order valence-corrected chi connectivity index (χ2v) is 7.14. The van der Waals surface area contributed by atoms with Crippen LogP contribution in [0.2, 0.25) is 0 Å². The third-order valence-corrected chi connectivity index (χ3v) is 5.19. The first-order valence-corrected chi connectivity index (χ1v) is 8.97. The van der Waals surface area contributed by atoms with E-state index >= 15 is 0 Å². The molecule has 1 fully saturated rings. The van der Waals surface area contributed by atoms with Crippen molar-refractivity contribution in [2.75, 3.05) is 18.0 Å². The third-order valence-electron chi connectivity index (χ3n) is 4.29. The summed E-state index contributed by atoms with van der Waals surface area (Å²) in [5, 5.41) is 14.1. The molecule has 2 atom stereocenters. The highest BCUT2D eigenvalue weighted by Gasteiger charge is 2.27. The lowest BCUT2D eigenvalue weighted by Gasteiger charge is -2.21. The maximum absolute atomic E-state index is 13.3. The normalized spacial score (nSPS) is 18.0. The Morgan fingerprint density at radius 3 is 3.08 bits per heavy atom. The minimum absolute atomic E-state index is 0.0292. The zero-order chi connectivity index (χ0) is 17.8. The van der Waals surface area contributed by atoms with Gasteiger partial charge < -0.3 is 16.0 Å². The molecule has 7 heteroatoms. The molecule has 0 radical (unpaired) electrons. The average Bonchev–Trinajstić information content (AvgIpc) is 3.26. The summed E-state index contributed by atoms with van der Waals surface area (Å²) in [5.74, 6) is -0.594. The molecule has 0 aliphatic carbocycles. The summed E-state index contributed by atoms with van der Waals surface area (Å²) < 4.78 is 13.3. The Bertz CT molecular complexity index is 787. The molecule has 1 amide bonds. The number of thiophene rings is 1. The van der Waals surface area contributed by atoms with Crippen LogP contribution in [0.5, 0.6) is 0 Å². The Balaban J connectivity index is 1.58. The van der Waals surface area contributed by atoms with Crippen LogP contribution in [-0.2, 0) is 11.2 Å². The van der Waals surface area contributed by atoms with E-state index in [-0.39, 0.29) is 11.9 Å². The summed E-state index contributed by atoms with van der Waals surface area (Å²) in [4.78, 5) is 15.4. The maximum atomic E-state index is 13.3. The lowest BCUT2D eigenvalue weighted by atomic mass is 10.1. The fourth-order valence-corrected chi connectivity index (χ4v) is 3.78. The van der Waals surface area contributed by atoms with Gasteiger partial charge in [0.05, 0.1) is 17.3 Å². The van der Waals surface area contributed by atoms with Crippen LogP contribution in [0, 0.1) is 17.1 Å². The highest BCUT2D eigenvalue weighted by atomic mass is 32.1. The molecule has 0 spiro atoms. The van der Waals surface area contributed by atoms with Crippen LogP contribution in [0.15, 0.2) is 35.7 Å². The van der Waals surface area contributed by atoms with Crippen LogP contribution in [0.25, 0.3) is 0 Å². The Morgan fingerprint density at radius 2 is 2.36 bits per heavy atom. The Kier molecular flexibility index (Phi) is 5.31. The predicted octanol–water partition coefficient (Wildman–Crippen LogP) is 2.02. The molecule has 2 aromatic rings. The Morgan fingerprint density at radius 1 is 1.52 bits per heavy atom. The molecular formula is C18H19FN4OS. The van der Waals surface area contributed by atoms with Gasteiger partial charge in [-0.2, -0.15) is 5.26 Å². The summed E-state index contributed by atoms with van der Waals surface area (Å²) in [6, 6.07) is 9.52. The van der Waals surface area contributed by atoms with Gasteiger partial charge in [0.25, 0.3) is 0 Å². The van der Waals surface area contributed by atoms with Crippen molar-refractivity contribution in [3.05, 3.63) is 52.0 Å². The van der Waals surface area contributed by atoms with Crippen LogP contribution in [0.1, 0.15) is 16.9 Å². The number of anilines is 1. The van der Waals surface area contributed by atoms with Crippen molar-refractivity contribution in [3.8, 4) is 6.07 Å². The number of amides is 1. The molecule has 3 N–H and O–H groups in total. The second-order valence-electron chi connectivity index (χ2n) is 6.10. The monoisotopic (exact) mass is 358 g/mol. The van der Waals surface area contributed by atoms with Gasteiger partial charge in [0.15, 0.2) is 0 Å². The molecule has 1 saturated heterocycles. The number of carbonyl (C=O) groups is 1. The summed E-state index contributed by atoms with van der Waals surface area (Å²) in [6.45, 7) is 1.28. The number of benzene rings is 1. The summed E-state index contributed by atoms with van der Waals surface area (Å²) in [6.07, 6.45) is 1.29. The smallest absolute Gasteiger partial charge is 0.237 e.